The number of carboxylic acids is 1. The molecule has 1 aliphatic rings. The first kappa shape index (κ1) is 12.7. The molecule has 0 atom stereocenters. The molecule has 0 unspecified atom stereocenters. The molecular weight excluding hydrogens is 254 g/mol. The Kier molecular flexibility index (Phi) is 3.14. The maximum Gasteiger partial charge on any atom is 0.335 e. The second kappa shape index (κ2) is 4.96. The van der Waals surface area contributed by atoms with Crippen LogP contribution in [0.4, 0.5) is 0 Å². The van der Waals surface area contributed by atoms with Gasteiger partial charge in [0, 0.05) is 30.9 Å². The van der Waals surface area contributed by atoms with E-state index in [1.807, 2.05) is 29.1 Å². The van der Waals surface area contributed by atoms with E-state index in [2.05, 4.69) is 0 Å². The number of carbonyl (C=O) groups is 2. The Morgan fingerprint density at radius 1 is 1.15 bits per heavy atom. The number of hydrogen-bond acceptors (Lipinski definition) is 2. The van der Waals surface area contributed by atoms with E-state index < -0.39 is 5.97 Å². The Labute approximate surface area is 116 Å². The standard InChI is InChI=1S/C16H15NO3/c18-15-3-1-2-13-9-17(10-14(13)15)8-11-4-6-12(7-5-11)16(19)20/h4-7,9-10H,1-3,8H2,(H,19,20). The minimum absolute atomic E-state index is 0.228. The lowest BCUT2D eigenvalue weighted by Gasteiger charge is -2.07. The van der Waals surface area contributed by atoms with Gasteiger partial charge in [-0.25, -0.2) is 4.79 Å². The number of nitrogens with zero attached hydrogens (tertiary/aromatic N) is 1. The molecule has 0 bridgehead atoms. The second-order valence-electron chi connectivity index (χ2n) is 5.15. The third-order valence-electron chi connectivity index (χ3n) is 3.68. The maximum atomic E-state index is 11.8. The van der Waals surface area contributed by atoms with Crippen LogP contribution in [0.5, 0.6) is 0 Å². The van der Waals surface area contributed by atoms with Gasteiger partial charge in [0.25, 0.3) is 0 Å². The first-order valence-corrected chi connectivity index (χ1v) is 6.67. The number of carboxylic acid groups (broad SMARTS) is 1. The van der Waals surface area contributed by atoms with Crippen molar-refractivity contribution in [1.82, 2.24) is 4.57 Å². The van der Waals surface area contributed by atoms with Crippen molar-refractivity contribution in [2.45, 2.75) is 25.8 Å². The van der Waals surface area contributed by atoms with Gasteiger partial charge in [0.2, 0.25) is 0 Å². The fourth-order valence-corrected chi connectivity index (χ4v) is 2.63. The lowest BCUT2D eigenvalue weighted by atomic mass is 9.95. The predicted octanol–water partition coefficient (Wildman–Crippen LogP) is 2.75. The number of aryl methyl sites for hydroxylation is 1. The van der Waals surface area contributed by atoms with Crippen molar-refractivity contribution in [2.24, 2.45) is 0 Å². The highest BCUT2D eigenvalue weighted by molar-refractivity contribution is 5.98. The molecule has 0 fully saturated rings. The van der Waals surface area contributed by atoms with E-state index in [0.717, 1.165) is 29.5 Å². The second-order valence-corrected chi connectivity index (χ2v) is 5.15. The Bertz CT molecular complexity index is 668. The zero-order valence-electron chi connectivity index (χ0n) is 11.0. The number of fused-ring (bicyclic) bond motifs is 1. The summed E-state index contributed by atoms with van der Waals surface area (Å²) in [7, 11) is 0. The predicted molar refractivity (Wildman–Crippen MR) is 74.2 cm³/mol. The highest BCUT2D eigenvalue weighted by Crippen LogP contribution is 2.22. The maximum absolute atomic E-state index is 11.8. The Balaban J connectivity index is 1.81. The molecule has 1 aliphatic carbocycles. The van der Waals surface area contributed by atoms with Crippen LogP contribution >= 0.6 is 0 Å². The van der Waals surface area contributed by atoms with Gasteiger partial charge < -0.3 is 9.67 Å². The van der Waals surface area contributed by atoms with Gasteiger partial charge in [-0.3, -0.25) is 4.79 Å². The number of aromatic carboxylic acids is 1. The minimum atomic E-state index is -0.918. The highest BCUT2D eigenvalue weighted by atomic mass is 16.4. The van der Waals surface area contributed by atoms with Crippen molar-refractivity contribution in [3.05, 3.63) is 58.9 Å². The average molecular weight is 269 g/mol. The van der Waals surface area contributed by atoms with Crippen molar-refractivity contribution in [3.63, 3.8) is 0 Å². The number of carbonyl (C=O) groups excluding carboxylic acids is 1. The van der Waals surface area contributed by atoms with Crippen molar-refractivity contribution in [3.8, 4) is 0 Å². The van der Waals surface area contributed by atoms with Crippen molar-refractivity contribution >= 4 is 11.8 Å². The number of hydrogen-bond donors (Lipinski definition) is 1. The molecule has 1 aromatic carbocycles. The van der Waals surface area contributed by atoms with Crippen LogP contribution in [0.25, 0.3) is 0 Å². The summed E-state index contributed by atoms with van der Waals surface area (Å²) in [5, 5.41) is 8.86. The molecule has 4 heteroatoms. The SMILES string of the molecule is O=C(O)c1ccc(Cn2cc3c(c2)C(=O)CCC3)cc1. The number of ketones is 1. The molecule has 3 rings (SSSR count). The van der Waals surface area contributed by atoms with Gasteiger partial charge in [0.1, 0.15) is 0 Å². The number of aromatic nitrogens is 1. The number of benzene rings is 1. The zero-order valence-corrected chi connectivity index (χ0v) is 11.0. The molecule has 4 nitrogen and oxygen atoms in total. The first-order valence-electron chi connectivity index (χ1n) is 6.67. The summed E-state index contributed by atoms with van der Waals surface area (Å²) in [6, 6.07) is 6.83. The smallest absolute Gasteiger partial charge is 0.335 e. The molecule has 0 saturated carbocycles. The first-order chi connectivity index (χ1) is 9.63. The summed E-state index contributed by atoms with van der Waals surface area (Å²) in [6.07, 6.45) is 6.47. The molecule has 20 heavy (non-hydrogen) atoms. The fourth-order valence-electron chi connectivity index (χ4n) is 2.63. The summed E-state index contributed by atoms with van der Waals surface area (Å²) in [6.45, 7) is 0.653. The molecule has 0 aliphatic heterocycles. The van der Waals surface area contributed by atoms with Gasteiger partial charge in [0.05, 0.1) is 5.56 Å². The van der Waals surface area contributed by atoms with Gasteiger partial charge in [-0.2, -0.15) is 0 Å². The average Bonchev–Trinajstić information content (AvgIpc) is 2.83. The molecule has 102 valence electrons. The molecule has 1 N–H and O–H groups in total. The lowest BCUT2D eigenvalue weighted by molar-refractivity contribution is 0.0696. The normalized spacial score (nSPS) is 14.1. The van der Waals surface area contributed by atoms with Crippen LogP contribution in [0.2, 0.25) is 0 Å². The van der Waals surface area contributed by atoms with Gasteiger partial charge in [-0.15, -0.1) is 0 Å². The van der Waals surface area contributed by atoms with Crippen LogP contribution in [0.1, 0.15) is 44.7 Å². The Morgan fingerprint density at radius 3 is 2.55 bits per heavy atom. The largest absolute Gasteiger partial charge is 0.478 e. The van der Waals surface area contributed by atoms with Gasteiger partial charge in [-0.05, 0) is 36.1 Å². The summed E-state index contributed by atoms with van der Waals surface area (Å²) in [5.74, 6) is -0.690. The van der Waals surface area contributed by atoms with Crippen molar-refractivity contribution in [1.29, 1.82) is 0 Å². The third-order valence-corrected chi connectivity index (χ3v) is 3.68. The van der Waals surface area contributed by atoms with E-state index in [-0.39, 0.29) is 11.3 Å². The van der Waals surface area contributed by atoms with Crippen LogP contribution in [0.15, 0.2) is 36.7 Å². The molecule has 1 aromatic heterocycles. The summed E-state index contributed by atoms with van der Waals surface area (Å²) in [5.41, 5.74) is 3.28. The number of rotatable bonds is 3. The van der Waals surface area contributed by atoms with Crippen molar-refractivity contribution < 1.29 is 14.7 Å². The van der Waals surface area contributed by atoms with E-state index in [9.17, 15) is 9.59 Å². The monoisotopic (exact) mass is 269 g/mol. The molecule has 2 aromatic rings. The van der Waals surface area contributed by atoms with E-state index in [4.69, 9.17) is 5.11 Å². The van der Waals surface area contributed by atoms with Crippen LogP contribution in [0, 0.1) is 0 Å². The molecule has 0 amide bonds. The van der Waals surface area contributed by atoms with E-state index in [1.165, 1.54) is 0 Å². The molecule has 0 spiro atoms. The summed E-state index contributed by atoms with van der Waals surface area (Å²) < 4.78 is 2.00. The molecule has 1 heterocycles. The van der Waals surface area contributed by atoms with E-state index in [0.29, 0.717) is 13.0 Å². The van der Waals surface area contributed by atoms with Gasteiger partial charge >= 0.3 is 5.97 Å². The lowest BCUT2D eigenvalue weighted by Crippen LogP contribution is -2.07. The third kappa shape index (κ3) is 2.37. The van der Waals surface area contributed by atoms with E-state index in [1.54, 1.807) is 12.1 Å². The molecule has 0 radical (unpaired) electrons. The summed E-state index contributed by atoms with van der Waals surface area (Å²) in [4.78, 5) is 22.6. The zero-order chi connectivity index (χ0) is 14.1. The quantitative estimate of drug-likeness (QED) is 0.932. The Morgan fingerprint density at radius 2 is 1.90 bits per heavy atom. The fraction of sp³-hybridized carbons (Fsp3) is 0.250. The van der Waals surface area contributed by atoms with Crippen LogP contribution in [-0.2, 0) is 13.0 Å². The van der Waals surface area contributed by atoms with Gasteiger partial charge in [0.15, 0.2) is 5.78 Å². The summed E-state index contributed by atoms with van der Waals surface area (Å²) >= 11 is 0. The van der Waals surface area contributed by atoms with Crippen LogP contribution in [0.3, 0.4) is 0 Å². The number of Topliss-reactive ketones (excluding diaryl/α,β-unsaturated/α-hetero) is 1. The molecular formula is C16H15NO3. The Hall–Kier alpha value is -2.36. The van der Waals surface area contributed by atoms with E-state index >= 15 is 0 Å². The van der Waals surface area contributed by atoms with Crippen molar-refractivity contribution in [2.75, 3.05) is 0 Å². The topological polar surface area (TPSA) is 59.3 Å². The minimum Gasteiger partial charge on any atom is -0.478 e. The van der Waals surface area contributed by atoms with Gasteiger partial charge in [-0.1, -0.05) is 12.1 Å². The molecule has 0 saturated heterocycles. The highest BCUT2D eigenvalue weighted by Gasteiger charge is 2.19. The van der Waals surface area contributed by atoms with Crippen LogP contribution < -0.4 is 0 Å². The van der Waals surface area contributed by atoms with Crippen LogP contribution in [-0.4, -0.2) is 21.4 Å².